The van der Waals surface area contributed by atoms with E-state index in [2.05, 4.69) is 29.4 Å². The molecule has 0 spiro atoms. The van der Waals surface area contributed by atoms with Crippen molar-refractivity contribution in [2.45, 2.75) is 27.2 Å². The van der Waals surface area contributed by atoms with E-state index in [4.69, 9.17) is 16.0 Å². The Balaban J connectivity index is 1.75. The van der Waals surface area contributed by atoms with Crippen molar-refractivity contribution in [3.63, 3.8) is 0 Å². The van der Waals surface area contributed by atoms with Crippen molar-refractivity contribution in [3.05, 3.63) is 57.3 Å². The molecule has 148 valence electrons. The van der Waals surface area contributed by atoms with Gasteiger partial charge in [-0.3, -0.25) is 10.1 Å². The van der Waals surface area contributed by atoms with E-state index in [1.807, 2.05) is 31.2 Å². The molecule has 2 aromatic heterocycles. The first kappa shape index (κ1) is 20.8. The van der Waals surface area contributed by atoms with Gasteiger partial charge in [0.25, 0.3) is 5.91 Å². The number of benzene rings is 1. The van der Waals surface area contributed by atoms with Crippen LogP contribution >= 0.6 is 22.9 Å². The molecular formula is C21H19ClN4O2S. The highest BCUT2D eigenvalue weighted by molar-refractivity contribution is 7.15. The average molecular weight is 427 g/mol. The highest BCUT2D eigenvalue weighted by Gasteiger charge is 2.14. The second-order valence-corrected chi connectivity index (χ2v) is 8.36. The van der Waals surface area contributed by atoms with Gasteiger partial charge in [0.05, 0.1) is 0 Å². The van der Waals surface area contributed by atoms with Crippen molar-refractivity contribution in [1.82, 2.24) is 10.2 Å². The van der Waals surface area contributed by atoms with Crippen molar-refractivity contribution in [2.75, 3.05) is 5.32 Å². The van der Waals surface area contributed by atoms with Crippen LogP contribution in [0.5, 0.6) is 0 Å². The van der Waals surface area contributed by atoms with Crippen LogP contribution in [-0.4, -0.2) is 16.1 Å². The molecule has 1 amide bonds. The fourth-order valence-electron chi connectivity index (χ4n) is 2.52. The van der Waals surface area contributed by atoms with Crippen LogP contribution in [0.4, 0.5) is 5.13 Å². The Morgan fingerprint density at radius 1 is 1.34 bits per heavy atom. The molecule has 0 bridgehead atoms. The molecule has 0 saturated heterocycles. The number of amides is 1. The molecule has 1 aromatic carbocycles. The van der Waals surface area contributed by atoms with Crippen molar-refractivity contribution >= 4 is 40.1 Å². The van der Waals surface area contributed by atoms with Gasteiger partial charge in [0, 0.05) is 23.1 Å². The quantitative estimate of drug-likeness (QED) is 0.414. The summed E-state index contributed by atoms with van der Waals surface area (Å²) in [4.78, 5) is 12.4. The number of nitrogens with zero attached hydrogens (tertiary/aromatic N) is 3. The van der Waals surface area contributed by atoms with Gasteiger partial charge in [-0.2, -0.15) is 5.26 Å². The predicted octanol–water partition coefficient (Wildman–Crippen LogP) is 5.50. The van der Waals surface area contributed by atoms with Crippen LogP contribution in [-0.2, 0) is 11.2 Å². The van der Waals surface area contributed by atoms with Gasteiger partial charge in [0.1, 0.15) is 28.2 Å². The van der Waals surface area contributed by atoms with E-state index in [1.54, 1.807) is 12.1 Å². The third-order valence-corrected chi connectivity index (χ3v) is 5.27. The fourth-order valence-corrected chi connectivity index (χ4v) is 3.65. The molecule has 1 N–H and O–H groups in total. The predicted molar refractivity (Wildman–Crippen MR) is 115 cm³/mol. The summed E-state index contributed by atoms with van der Waals surface area (Å²) < 4.78 is 5.75. The third-order valence-electron chi connectivity index (χ3n) is 4.00. The number of anilines is 1. The lowest BCUT2D eigenvalue weighted by Gasteiger charge is -2.01. The van der Waals surface area contributed by atoms with Gasteiger partial charge in [0.2, 0.25) is 5.13 Å². The van der Waals surface area contributed by atoms with Crippen molar-refractivity contribution < 1.29 is 9.21 Å². The van der Waals surface area contributed by atoms with E-state index in [0.29, 0.717) is 27.6 Å². The maximum Gasteiger partial charge on any atom is 0.268 e. The maximum atomic E-state index is 12.4. The Kier molecular flexibility index (Phi) is 6.47. The van der Waals surface area contributed by atoms with Gasteiger partial charge >= 0.3 is 0 Å². The molecule has 0 aliphatic rings. The molecule has 6 nitrogen and oxygen atoms in total. The third kappa shape index (κ3) is 5.31. The number of hydrogen-bond acceptors (Lipinski definition) is 6. The first-order valence-corrected chi connectivity index (χ1v) is 10.2. The lowest BCUT2D eigenvalue weighted by Crippen LogP contribution is -2.13. The number of carbonyl (C=O) groups is 1. The van der Waals surface area contributed by atoms with Gasteiger partial charge in [-0.25, -0.2) is 0 Å². The Hall–Kier alpha value is -2.95. The minimum atomic E-state index is -0.559. The van der Waals surface area contributed by atoms with Gasteiger partial charge in [-0.05, 0) is 36.6 Å². The number of hydrogen-bond donors (Lipinski definition) is 1. The Bertz CT molecular complexity index is 1110. The molecular weight excluding hydrogens is 408 g/mol. The molecule has 0 saturated carbocycles. The smallest absolute Gasteiger partial charge is 0.268 e. The molecule has 0 aliphatic carbocycles. The fraction of sp³-hybridized carbons (Fsp3) is 0.238. The summed E-state index contributed by atoms with van der Waals surface area (Å²) in [7, 11) is 0. The standard InChI is InChI=1S/C21H19ClN4O2S/c1-12(2)8-19-25-26-21(29-19)24-20(27)15(11-23)9-16-6-7-18(28-16)14-5-4-13(3)17(22)10-14/h4-7,9-10,12H,8H2,1-3H3,(H,24,26,27)/b15-9-. The molecule has 0 aliphatic heterocycles. The second-order valence-electron chi connectivity index (χ2n) is 6.89. The Morgan fingerprint density at radius 2 is 2.14 bits per heavy atom. The molecule has 0 fully saturated rings. The number of furan rings is 1. The number of nitrogens with one attached hydrogen (secondary N) is 1. The van der Waals surface area contributed by atoms with Crippen LogP contribution in [0.3, 0.4) is 0 Å². The van der Waals surface area contributed by atoms with Crippen LogP contribution in [0.25, 0.3) is 17.4 Å². The van der Waals surface area contributed by atoms with Crippen LogP contribution < -0.4 is 5.32 Å². The SMILES string of the molecule is Cc1ccc(-c2ccc(/C=C(/C#N)C(=O)Nc3nnc(CC(C)C)s3)o2)cc1Cl. The lowest BCUT2D eigenvalue weighted by atomic mass is 10.1. The topological polar surface area (TPSA) is 91.8 Å². The monoisotopic (exact) mass is 426 g/mol. The Labute approximate surface area is 177 Å². The van der Waals surface area contributed by atoms with Gasteiger partial charge < -0.3 is 4.42 Å². The Morgan fingerprint density at radius 3 is 2.83 bits per heavy atom. The van der Waals surface area contributed by atoms with E-state index in [1.165, 1.54) is 17.4 Å². The molecule has 0 atom stereocenters. The van der Waals surface area contributed by atoms with Crippen molar-refractivity contribution in [3.8, 4) is 17.4 Å². The summed E-state index contributed by atoms with van der Waals surface area (Å²) in [6.07, 6.45) is 2.18. The van der Waals surface area contributed by atoms with E-state index in [9.17, 15) is 10.1 Å². The molecule has 8 heteroatoms. The van der Waals surface area contributed by atoms with Crippen molar-refractivity contribution in [2.24, 2.45) is 5.92 Å². The number of halogens is 1. The van der Waals surface area contributed by atoms with Crippen LogP contribution in [0.2, 0.25) is 5.02 Å². The zero-order chi connectivity index (χ0) is 21.0. The molecule has 0 unspecified atom stereocenters. The summed E-state index contributed by atoms with van der Waals surface area (Å²) in [5.74, 6) is 0.869. The van der Waals surface area contributed by atoms with Crippen LogP contribution in [0, 0.1) is 24.2 Å². The minimum absolute atomic E-state index is 0.0894. The number of rotatable bonds is 6. The summed E-state index contributed by atoms with van der Waals surface area (Å²) in [6.45, 7) is 6.08. The summed E-state index contributed by atoms with van der Waals surface area (Å²) in [5.41, 5.74) is 1.70. The van der Waals surface area contributed by atoms with E-state index in [0.717, 1.165) is 22.6 Å². The largest absolute Gasteiger partial charge is 0.457 e. The first-order valence-electron chi connectivity index (χ1n) is 8.97. The first-order chi connectivity index (χ1) is 13.9. The van der Waals surface area contributed by atoms with Crippen LogP contribution in [0.15, 0.2) is 40.3 Å². The highest BCUT2D eigenvalue weighted by Crippen LogP contribution is 2.28. The normalized spacial score (nSPS) is 11.5. The van der Waals surface area contributed by atoms with E-state index in [-0.39, 0.29) is 5.57 Å². The average Bonchev–Trinajstić information content (AvgIpc) is 3.31. The van der Waals surface area contributed by atoms with Crippen LogP contribution in [0.1, 0.15) is 30.2 Å². The maximum absolute atomic E-state index is 12.4. The summed E-state index contributed by atoms with van der Waals surface area (Å²) in [5, 5.41) is 21.8. The zero-order valence-electron chi connectivity index (χ0n) is 16.2. The molecule has 2 heterocycles. The minimum Gasteiger partial charge on any atom is -0.457 e. The summed E-state index contributed by atoms with van der Waals surface area (Å²) >= 11 is 7.47. The van der Waals surface area contributed by atoms with E-state index < -0.39 is 5.91 Å². The number of aromatic nitrogens is 2. The summed E-state index contributed by atoms with van der Waals surface area (Å²) in [6, 6.07) is 11.0. The molecule has 3 aromatic rings. The molecule has 29 heavy (non-hydrogen) atoms. The molecule has 3 rings (SSSR count). The lowest BCUT2D eigenvalue weighted by molar-refractivity contribution is -0.112. The molecule has 0 radical (unpaired) electrons. The number of nitriles is 1. The zero-order valence-corrected chi connectivity index (χ0v) is 17.8. The van der Waals surface area contributed by atoms with Crippen molar-refractivity contribution in [1.29, 1.82) is 5.26 Å². The van der Waals surface area contributed by atoms with E-state index >= 15 is 0 Å². The highest BCUT2D eigenvalue weighted by atomic mass is 35.5. The van der Waals surface area contributed by atoms with Gasteiger partial charge in [0.15, 0.2) is 0 Å². The second kappa shape index (κ2) is 9.03. The number of carbonyl (C=O) groups excluding carboxylic acids is 1. The van der Waals surface area contributed by atoms with Gasteiger partial charge in [-0.1, -0.05) is 48.9 Å². The van der Waals surface area contributed by atoms with Gasteiger partial charge in [-0.15, -0.1) is 10.2 Å². The number of aryl methyl sites for hydroxylation is 1.